The predicted octanol–water partition coefficient (Wildman–Crippen LogP) is -1.32. The minimum Gasteiger partial charge on any atom is -0.481 e. The fourth-order valence-corrected chi connectivity index (χ4v) is 7.00. The largest absolute Gasteiger partial charge is 0.481 e. The first-order valence-corrected chi connectivity index (χ1v) is 22.1. The van der Waals surface area contributed by atoms with E-state index in [1.54, 1.807) is 63.2 Å². The van der Waals surface area contributed by atoms with Crippen molar-refractivity contribution < 1.29 is 78.6 Å². The van der Waals surface area contributed by atoms with Crippen molar-refractivity contribution in [2.75, 3.05) is 85.1 Å². The predicted molar refractivity (Wildman–Crippen MR) is 242 cm³/mol. The third-order valence-electron chi connectivity index (χ3n) is 10.8. The lowest BCUT2D eigenvalue weighted by molar-refractivity contribution is -0.141. The minimum absolute atomic E-state index is 0.0316. The van der Waals surface area contributed by atoms with Crippen LogP contribution in [0, 0.1) is 0 Å². The summed E-state index contributed by atoms with van der Waals surface area (Å²) in [5.41, 5.74) is 2.11. The Labute approximate surface area is 396 Å². The van der Waals surface area contributed by atoms with E-state index in [2.05, 4.69) is 26.6 Å². The average molecular weight is 972 g/mol. The quantitative estimate of drug-likeness (QED) is 0.0487. The number of benzene rings is 2. The molecule has 1 fully saturated rings. The maximum absolute atomic E-state index is 13.1. The number of carboxylic acid groups (broad SMARTS) is 6. The molecule has 69 heavy (non-hydrogen) atoms. The maximum Gasteiger partial charge on any atom is 0.326 e. The third-order valence-corrected chi connectivity index (χ3v) is 10.8. The number of carbonyl (C=O) groups is 10. The molecule has 25 heteroatoms. The third kappa shape index (κ3) is 22.9. The van der Waals surface area contributed by atoms with Crippen LogP contribution >= 0.6 is 0 Å². The van der Waals surface area contributed by atoms with Crippen molar-refractivity contribution >= 4 is 59.6 Å². The minimum atomic E-state index is -1.53. The molecule has 1 heterocycles. The zero-order valence-electron chi connectivity index (χ0n) is 38.0. The molecule has 1 saturated heterocycles. The number of hydrogen-bond acceptors (Lipinski definition) is 14. The molecule has 0 radical (unpaired) electrons. The molecule has 0 saturated carbocycles. The topological polar surface area (TPSA) is 365 Å². The summed E-state index contributed by atoms with van der Waals surface area (Å²) in [5.74, 6) is -8.35. The Morgan fingerprint density at radius 2 is 0.826 bits per heavy atom. The highest BCUT2D eigenvalue weighted by Gasteiger charge is 2.25. The van der Waals surface area contributed by atoms with E-state index >= 15 is 0 Å². The van der Waals surface area contributed by atoms with Crippen LogP contribution in [0.2, 0.25) is 0 Å². The van der Waals surface area contributed by atoms with Gasteiger partial charge in [0.2, 0.25) is 5.91 Å². The average Bonchev–Trinajstić information content (AvgIpc) is 3.28. The molecule has 5 amide bonds. The molecule has 1 aliphatic heterocycles. The van der Waals surface area contributed by atoms with Crippen molar-refractivity contribution in [2.45, 2.75) is 57.3 Å². The zero-order valence-corrected chi connectivity index (χ0v) is 38.0. The molecule has 25 nitrogen and oxygen atoms in total. The van der Waals surface area contributed by atoms with Gasteiger partial charge in [0.1, 0.15) is 12.1 Å². The van der Waals surface area contributed by atoms with Gasteiger partial charge in [0, 0.05) is 89.5 Å². The van der Waals surface area contributed by atoms with E-state index in [4.69, 9.17) is 5.11 Å². The fourth-order valence-electron chi connectivity index (χ4n) is 7.00. The number of carbonyl (C=O) groups excluding carboxylic acids is 4. The second kappa shape index (κ2) is 29.5. The van der Waals surface area contributed by atoms with Gasteiger partial charge in [0.05, 0.1) is 26.2 Å². The van der Waals surface area contributed by atoms with Gasteiger partial charge in [-0.3, -0.25) is 53.2 Å². The smallest absolute Gasteiger partial charge is 0.326 e. The van der Waals surface area contributed by atoms with E-state index in [1.165, 1.54) is 0 Å². The second-order valence-electron chi connectivity index (χ2n) is 16.2. The molecule has 11 N–H and O–H groups in total. The molecule has 2 unspecified atom stereocenters. The summed E-state index contributed by atoms with van der Waals surface area (Å²) in [4.78, 5) is 126. The van der Waals surface area contributed by atoms with E-state index in [0.717, 1.165) is 0 Å². The van der Waals surface area contributed by atoms with E-state index in [9.17, 15) is 73.5 Å². The van der Waals surface area contributed by atoms with Crippen LogP contribution < -0.4 is 26.6 Å². The summed E-state index contributed by atoms with van der Waals surface area (Å²) in [7, 11) is 0. The number of carboxylic acids is 6. The van der Waals surface area contributed by atoms with Gasteiger partial charge in [-0.15, -0.1) is 0 Å². The van der Waals surface area contributed by atoms with Crippen LogP contribution in [-0.4, -0.2) is 207 Å². The SMILES string of the molecule is O=C(O)CCC(NC(=O)NC(CCCCNC(=O)c1ccc(CNC(=O)c2ccc(CNC(=O)CN3CCN(CC(=O)O)CCN(CC(=O)O)CCN(CC(=O)O)CC3)cc2)cc1)C(=O)O)C(=O)O. The number of unbranched alkanes of at least 4 members (excludes halogenated alkanes) is 1. The highest BCUT2D eigenvalue weighted by Crippen LogP contribution is 2.09. The molecule has 2 aromatic carbocycles. The number of nitrogens with one attached hydrogen (secondary N) is 5. The van der Waals surface area contributed by atoms with Crippen molar-refractivity contribution in [1.82, 2.24) is 46.2 Å². The molecule has 0 bridgehead atoms. The van der Waals surface area contributed by atoms with Gasteiger partial charge < -0.3 is 57.2 Å². The molecule has 0 aliphatic carbocycles. The molecular formula is C44H61N9O16. The molecule has 0 aromatic heterocycles. The van der Waals surface area contributed by atoms with Crippen molar-refractivity contribution in [3.8, 4) is 0 Å². The first-order valence-electron chi connectivity index (χ1n) is 22.1. The Morgan fingerprint density at radius 1 is 0.449 bits per heavy atom. The first-order chi connectivity index (χ1) is 32.8. The molecule has 3 rings (SSSR count). The Hall–Kier alpha value is -7.22. The van der Waals surface area contributed by atoms with Crippen molar-refractivity contribution in [3.05, 3.63) is 70.8 Å². The van der Waals surface area contributed by atoms with Crippen LogP contribution in [0.25, 0.3) is 0 Å². The molecule has 2 aromatic rings. The molecule has 0 spiro atoms. The van der Waals surface area contributed by atoms with Crippen LogP contribution in [0.15, 0.2) is 48.5 Å². The van der Waals surface area contributed by atoms with Gasteiger partial charge in [-0.2, -0.15) is 0 Å². The molecule has 2 atom stereocenters. The summed E-state index contributed by atoms with van der Waals surface area (Å²) in [5, 5.41) is 68.3. The second-order valence-corrected chi connectivity index (χ2v) is 16.2. The standard InChI is InChI=1S/C44H61N9O16/c54-35(25-50-15-17-51(26-37(57)58)19-21-53(28-39(61)62)22-20-52(18-16-50)27-38(59)60)46-23-29-4-10-32(11-5-29)41(64)47-24-30-6-8-31(9-7-30)40(63)45-14-2-1-3-33(42(65)66)48-44(69)49-34(43(67)68)12-13-36(55)56/h4-11,33-34H,1-3,12-28H2,(H,45,63)(H,46,54)(H,47,64)(H,55,56)(H,57,58)(H,59,60)(H,61,62)(H,65,66)(H,67,68)(H2,48,49,69). The Balaban J connectivity index is 1.43. The summed E-state index contributed by atoms with van der Waals surface area (Å²) >= 11 is 0. The summed E-state index contributed by atoms with van der Waals surface area (Å²) in [6, 6.07) is 9.09. The van der Waals surface area contributed by atoms with E-state index in [1.807, 2.05) is 4.90 Å². The van der Waals surface area contributed by atoms with E-state index < -0.39 is 72.7 Å². The van der Waals surface area contributed by atoms with Gasteiger partial charge in [-0.1, -0.05) is 24.3 Å². The lowest BCUT2D eigenvalue weighted by Gasteiger charge is -2.32. The zero-order chi connectivity index (χ0) is 50.9. The van der Waals surface area contributed by atoms with Crippen LogP contribution in [-0.2, 0) is 46.7 Å². The lowest BCUT2D eigenvalue weighted by atomic mass is 10.1. The summed E-state index contributed by atoms with van der Waals surface area (Å²) < 4.78 is 0. The fraction of sp³-hybridized carbons (Fsp3) is 0.500. The number of nitrogens with zero attached hydrogens (tertiary/aromatic N) is 4. The van der Waals surface area contributed by atoms with Gasteiger partial charge in [-0.05, 0) is 61.1 Å². The number of urea groups is 1. The van der Waals surface area contributed by atoms with E-state index in [-0.39, 0.29) is 110 Å². The molecule has 1 aliphatic rings. The Bertz CT molecular complexity index is 2060. The number of hydrogen-bond donors (Lipinski definition) is 11. The van der Waals surface area contributed by atoms with Crippen molar-refractivity contribution in [1.29, 1.82) is 0 Å². The van der Waals surface area contributed by atoms with Crippen molar-refractivity contribution in [2.24, 2.45) is 0 Å². The molecular weight excluding hydrogens is 911 g/mol. The van der Waals surface area contributed by atoms with Crippen LogP contribution in [0.5, 0.6) is 0 Å². The van der Waals surface area contributed by atoms with Crippen molar-refractivity contribution in [3.63, 3.8) is 0 Å². The van der Waals surface area contributed by atoms with Crippen LogP contribution in [0.4, 0.5) is 4.79 Å². The van der Waals surface area contributed by atoms with Gasteiger partial charge in [0.25, 0.3) is 11.8 Å². The van der Waals surface area contributed by atoms with E-state index in [0.29, 0.717) is 41.8 Å². The lowest BCUT2D eigenvalue weighted by Crippen LogP contribution is -2.51. The van der Waals surface area contributed by atoms with Gasteiger partial charge >= 0.3 is 41.8 Å². The summed E-state index contributed by atoms with van der Waals surface area (Å²) in [6.07, 6.45) is -0.318. The van der Waals surface area contributed by atoms with Gasteiger partial charge in [0.15, 0.2) is 0 Å². The highest BCUT2D eigenvalue weighted by atomic mass is 16.4. The Kier molecular flexibility index (Phi) is 24.0. The van der Waals surface area contributed by atoms with Crippen LogP contribution in [0.1, 0.15) is 63.9 Å². The van der Waals surface area contributed by atoms with Gasteiger partial charge in [-0.25, -0.2) is 14.4 Å². The number of rotatable bonds is 26. The highest BCUT2D eigenvalue weighted by molar-refractivity contribution is 5.95. The maximum atomic E-state index is 13.1. The molecule has 378 valence electrons. The number of amides is 5. The Morgan fingerprint density at radius 3 is 1.22 bits per heavy atom. The van der Waals surface area contributed by atoms with Crippen LogP contribution in [0.3, 0.4) is 0 Å². The first kappa shape index (κ1) is 56.1. The normalized spacial score (nSPS) is 15.2. The summed E-state index contributed by atoms with van der Waals surface area (Å²) in [6.45, 7) is 1.71. The monoisotopic (exact) mass is 971 g/mol. The number of aliphatic carboxylic acids is 6.